The van der Waals surface area contributed by atoms with E-state index in [-0.39, 0.29) is 0 Å². The van der Waals surface area contributed by atoms with E-state index in [1.54, 1.807) is 0 Å². The highest BCUT2D eigenvalue weighted by Gasteiger charge is 2.31. The number of nitrogens with two attached hydrogens (primary N) is 1. The van der Waals surface area contributed by atoms with Gasteiger partial charge in [-0.15, -0.1) is 0 Å². The number of likely N-dealkylation sites (tertiary alicyclic amines) is 1. The third-order valence-corrected chi connectivity index (χ3v) is 5.07. The van der Waals surface area contributed by atoms with E-state index in [0.29, 0.717) is 12.0 Å². The smallest absolute Gasteiger partial charge is 0.0761 e. The van der Waals surface area contributed by atoms with E-state index >= 15 is 0 Å². The van der Waals surface area contributed by atoms with Crippen LogP contribution in [0.25, 0.3) is 10.9 Å². The second-order valence-corrected chi connectivity index (χ2v) is 6.45. The Morgan fingerprint density at radius 2 is 2.25 bits per heavy atom. The number of halogens is 1. The molecule has 2 aromatic rings. The third kappa shape index (κ3) is 2.36. The SMILES string of the molecule is CN1CCCC(CN)C1c1ccc(Br)c2cccnc12. The Balaban J connectivity index is 2.15. The summed E-state index contributed by atoms with van der Waals surface area (Å²) >= 11 is 3.62. The van der Waals surface area contributed by atoms with E-state index in [1.165, 1.54) is 23.8 Å². The molecule has 0 aliphatic carbocycles. The average Bonchev–Trinajstić information content (AvgIpc) is 2.48. The van der Waals surface area contributed by atoms with Gasteiger partial charge < -0.3 is 5.73 Å². The van der Waals surface area contributed by atoms with Crippen LogP contribution >= 0.6 is 15.9 Å². The topological polar surface area (TPSA) is 42.1 Å². The fourth-order valence-electron chi connectivity index (χ4n) is 3.40. The van der Waals surface area contributed by atoms with Gasteiger partial charge in [-0.1, -0.05) is 28.1 Å². The number of piperidine rings is 1. The predicted molar refractivity (Wildman–Crippen MR) is 86.6 cm³/mol. The number of nitrogens with zero attached hydrogens (tertiary/aromatic N) is 2. The van der Waals surface area contributed by atoms with Gasteiger partial charge in [-0.25, -0.2) is 0 Å². The maximum Gasteiger partial charge on any atom is 0.0761 e. The number of hydrogen-bond donors (Lipinski definition) is 1. The first-order valence-corrected chi connectivity index (χ1v) is 7.95. The molecule has 4 heteroatoms. The summed E-state index contributed by atoms with van der Waals surface area (Å²) in [6, 6.07) is 8.82. The van der Waals surface area contributed by atoms with E-state index in [0.717, 1.165) is 23.1 Å². The summed E-state index contributed by atoms with van der Waals surface area (Å²) < 4.78 is 1.10. The number of aromatic nitrogens is 1. The molecule has 3 rings (SSSR count). The van der Waals surface area contributed by atoms with Crippen LogP contribution in [-0.4, -0.2) is 30.0 Å². The molecule has 1 saturated heterocycles. The molecule has 0 bridgehead atoms. The third-order valence-electron chi connectivity index (χ3n) is 4.38. The highest BCUT2D eigenvalue weighted by molar-refractivity contribution is 9.10. The molecular weight excluding hydrogens is 314 g/mol. The van der Waals surface area contributed by atoms with Crippen molar-refractivity contribution in [2.24, 2.45) is 11.7 Å². The van der Waals surface area contributed by atoms with Crippen LogP contribution in [0.1, 0.15) is 24.4 Å². The van der Waals surface area contributed by atoms with Crippen molar-refractivity contribution in [2.45, 2.75) is 18.9 Å². The Kier molecular flexibility index (Phi) is 4.06. The van der Waals surface area contributed by atoms with Gasteiger partial charge in [0, 0.05) is 22.1 Å². The van der Waals surface area contributed by atoms with Gasteiger partial charge in [-0.3, -0.25) is 9.88 Å². The molecule has 20 heavy (non-hydrogen) atoms. The predicted octanol–water partition coefficient (Wildman–Crippen LogP) is 3.34. The molecule has 1 aliphatic rings. The van der Waals surface area contributed by atoms with Gasteiger partial charge >= 0.3 is 0 Å². The fraction of sp³-hybridized carbons (Fsp3) is 0.438. The van der Waals surface area contributed by atoms with Crippen molar-refractivity contribution < 1.29 is 0 Å². The second-order valence-electron chi connectivity index (χ2n) is 5.60. The normalized spacial score (nSPS) is 24.1. The first kappa shape index (κ1) is 14.0. The van der Waals surface area contributed by atoms with Gasteiger partial charge in [-0.2, -0.15) is 0 Å². The molecule has 0 saturated carbocycles. The summed E-state index contributed by atoms with van der Waals surface area (Å²) in [6.07, 6.45) is 4.31. The van der Waals surface area contributed by atoms with Crippen LogP contribution in [0, 0.1) is 5.92 Å². The van der Waals surface area contributed by atoms with Gasteiger partial charge in [0.2, 0.25) is 0 Å². The molecule has 0 amide bonds. The quantitative estimate of drug-likeness (QED) is 0.916. The summed E-state index contributed by atoms with van der Waals surface area (Å²) in [5.74, 6) is 0.514. The van der Waals surface area contributed by atoms with E-state index in [4.69, 9.17) is 5.73 Å². The van der Waals surface area contributed by atoms with Crippen molar-refractivity contribution in [1.82, 2.24) is 9.88 Å². The fourth-order valence-corrected chi connectivity index (χ4v) is 3.85. The van der Waals surface area contributed by atoms with Crippen molar-refractivity contribution >= 4 is 26.8 Å². The number of benzene rings is 1. The molecule has 1 aliphatic heterocycles. The molecule has 2 N–H and O–H groups in total. The molecule has 2 heterocycles. The number of fused-ring (bicyclic) bond motifs is 1. The molecule has 106 valence electrons. The molecule has 1 aromatic carbocycles. The summed E-state index contributed by atoms with van der Waals surface area (Å²) in [5.41, 5.74) is 8.41. The standard InChI is InChI=1S/C16H20BrN3/c1-20-9-3-4-11(10-18)16(20)13-6-7-14(17)12-5-2-8-19-15(12)13/h2,5-8,11,16H,3-4,9-10,18H2,1H3. The van der Waals surface area contributed by atoms with Crippen LogP contribution in [0.15, 0.2) is 34.9 Å². The zero-order valence-corrected chi connectivity index (χ0v) is 13.3. The van der Waals surface area contributed by atoms with Gasteiger partial charge in [0.15, 0.2) is 0 Å². The molecule has 2 atom stereocenters. The maximum atomic E-state index is 6.01. The minimum absolute atomic E-state index is 0.374. The van der Waals surface area contributed by atoms with Crippen LogP contribution in [0.3, 0.4) is 0 Å². The Morgan fingerprint density at radius 1 is 1.40 bits per heavy atom. The zero-order valence-electron chi connectivity index (χ0n) is 11.7. The first-order chi connectivity index (χ1) is 9.72. The van der Waals surface area contributed by atoms with E-state index < -0.39 is 0 Å². The van der Waals surface area contributed by atoms with E-state index in [1.807, 2.05) is 12.3 Å². The molecule has 1 aromatic heterocycles. The van der Waals surface area contributed by atoms with Crippen molar-refractivity contribution in [3.05, 3.63) is 40.5 Å². The molecule has 0 radical (unpaired) electrons. The van der Waals surface area contributed by atoms with Crippen LogP contribution < -0.4 is 5.73 Å². The Bertz CT molecular complexity index is 614. The number of rotatable bonds is 2. The highest BCUT2D eigenvalue weighted by atomic mass is 79.9. The lowest BCUT2D eigenvalue weighted by molar-refractivity contribution is 0.126. The van der Waals surface area contributed by atoms with Gasteiger partial charge in [0.05, 0.1) is 5.52 Å². The van der Waals surface area contributed by atoms with Crippen molar-refractivity contribution in [1.29, 1.82) is 0 Å². The molecule has 0 spiro atoms. The Labute approximate surface area is 128 Å². The summed E-state index contributed by atoms with van der Waals surface area (Å²) in [4.78, 5) is 7.05. The summed E-state index contributed by atoms with van der Waals surface area (Å²) in [5, 5.41) is 1.18. The Morgan fingerprint density at radius 3 is 3.05 bits per heavy atom. The zero-order chi connectivity index (χ0) is 14.1. The van der Waals surface area contributed by atoms with Crippen LogP contribution in [0.4, 0.5) is 0 Å². The van der Waals surface area contributed by atoms with Crippen molar-refractivity contribution in [3.63, 3.8) is 0 Å². The number of hydrogen-bond acceptors (Lipinski definition) is 3. The maximum absolute atomic E-state index is 6.01. The molecule has 1 fully saturated rings. The second kappa shape index (κ2) is 5.80. The van der Waals surface area contributed by atoms with E-state index in [2.05, 4.69) is 51.1 Å². The highest BCUT2D eigenvalue weighted by Crippen LogP contribution is 2.38. The summed E-state index contributed by atoms with van der Waals surface area (Å²) in [7, 11) is 2.20. The molecule has 2 unspecified atom stereocenters. The van der Waals surface area contributed by atoms with Crippen LogP contribution in [0.5, 0.6) is 0 Å². The van der Waals surface area contributed by atoms with Crippen LogP contribution in [0.2, 0.25) is 0 Å². The monoisotopic (exact) mass is 333 g/mol. The van der Waals surface area contributed by atoms with Crippen molar-refractivity contribution in [3.8, 4) is 0 Å². The molecular formula is C16H20BrN3. The lowest BCUT2D eigenvalue weighted by Crippen LogP contribution is -2.39. The van der Waals surface area contributed by atoms with Crippen LogP contribution in [-0.2, 0) is 0 Å². The van der Waals surface area contributed by atoms with Crippen molar-refractivity contribution in [2.75, 3.05) is 20.1 Å². The largest absolute Gasteiger partial charge is 0.330 e. The van der Waals surface area contributed by atoms with Gasteiger partial charge in [-0.05, 0) is 56.6 Å². The van der Waals surface area contributed by atoms with Gasteiger partial charge in [0.1, 0.15) is 0 Å². The Hall–Kier alpha value is -0.970. The minimum Gasteiger partial charge on any atom is -0.330 e. The lowest BCUT2D eigenvalue weighted by Gasteiger charge is -2.39. The van der Waals surface area contributed by atoms with Gasteiger partial charge in [0.25, 0.3) is 0 Å². The minimum atomic E-state index is 0.374. The number of pyridine rings is 1. The van der Waals surface area contributed by atoms with E-state index in [9.17, 15) is 0 Å². The molecule has 3 nitrogen and oxygen atoms in total. The summed E-state index contributed by atoms with van der Waals surface area (Å²) in [6.45, 7) is 1.87. The first-order valence-electron chi connectivity index (χ1n) is 7.16. The lowest BCUT2D eigenvalue weighted by atomic mass is 9.84. The average molecular weight is 334 g/mol.